The van der Waals surface area contributed by atoms with Crippen LogP contribution in [0.1, 0.15) is 48.0 Å². The first-order chi connectivity index (χ1) is 11.2. The molecule has 2 rings (SSSR count). The van der Waals surface area contributed by atoms with Gasteiger partial charge in [0, 0.05) is 11.4 Å². The van der Waals surface area contributed by atoms with Gasteiger partial charge in [-0.15, -0.1) is 11.8 Å². The molecule has 6 heteroatoms. The number of hydrogen-bond acceptors (Lipinski definition) is 5. The maximum atomic E-state index is 11.9. The van der Waals surface area contributed by atoms with Gasteiger partial charge >= 0.3 is 11.7 Å². The molecular formula is C18H22N2O3S. The normalized spacial score (nSPS) is 11.4. The number of thioether (sulfide) groups is 1. The number of methoxy groups -OCH3 is 1. The number of benzene rings is 1. The number of rotatable bonds is 4. The zero-order valence-electron chi connectivity index (χ0n) is 14.6. The van der Waals surface area contributed by atoms with Crippen LogP contribution in [0, 0.1) is 6.92 Å². The Kier molecular flexibility index (Phi) is 5.49. The van der Waals surface area contributed by atoms with Gasteiger partial charge < -0.3 is 9.72 Å². The number of ether oxygens (including phenoxy) is 1. The Hall–Kier alpha value is -2.08. The highest BCUT2D eigenvalue weighted by atomic mass is 32.2. The highest BCUT2D eigenvalue weighted by Crippen LogP contribution is 2.27. The van der Waals surface area contributed by atoms with E-state index in [-0.39, 0.29) is 5.41 Å². The zero-order valence-corrected chi connectivity index (χ0v) is 15.4. The van der Waals surface area contributed by atoms with Crippen molar-refractivity contribution in [1.29, 1.82) is 0 Å². The Bertz CT molecular complexity index is 789. The highest BCUT2D eigenvalue weighted by molar-refractivity contribution is 7.98. The van der Waals surface area contributed by atoms with E-state index < -0.39 is 11.7 Å². The lowest BCUT2D eigenvalue weighted by Crippen LogP contribution is -2.19. The summed E-state index contributed by atoms with van der Waals surface area (Å²) >= 11 is 1.35. The molecule has 0 saturated carbocycles. The van der Waals surface area contributed by atoms with Gasteiger partial charge in [0.25, 0.3) is 0 Å². The van der Waals surface area contributed by atoms with Gasteiger partial charge in [-0.2, -0.15) is 4.98 Å². The molecule has 0 saturated heterocycles. The fraction of sp³-hybridized carbons (Fsp3) is 0.389. The number of carbonyl (C=O) groups is 1. The van der Waals surface area contributed by atoms with Gasteiger partial charge in [-0.05, 0) is 23.5 Å². The molecule has 0 radical (unpaired) electrons. The third-order valence-electron chi connectivity index (χ3n) is 3.67. The summed E-state index contributed by atoms with van der Waals surface area (Å²) in [5.74, 6) is 0.117. The van der Waals surface area contributed by atoms with Crippen molar-refractivity contribution in [3.05, 3.63) is 57.1 Å². The Morgan fingerprint density at radius 1 is 1.25 bits per heavy atom. The molecule has 0 spiro atoms. The van der Waals surface area contributed by atoms with Crippen molar-refractivity contribution in [3.8, 4) is 0 Å². The molecule has 1 N–H and O–H groups in total. The first-order valence-corrected chi connectivity index (χ1v) is 8.62. The first-order valence-electron chi connectivity index (χ1n) is 7.64. The van der Waals surface area contributed by atoms with Gasteiger partial charge in [-0.3, -0.25) is 0 Å². The van der Waals surface area contributed by atoms with E-state index in [0.717, 1.165) is 5.56 Å². The minimum absolute atomic E-state index is 0.106. The van der Waals surface area contributed by atoms with Gasteiger partial charge in [0.1, 0.15) is 10.6 Å². The molecule has 0 aliphatic heterocycles. The second kappa shape index (κ2) is 7.21. The molecule has 1 aromatic carbocycles. The summed E-state index contributed by atoms with van der Waals surface area (Å²) in [5, 5.41) is 0.392. The zero-order chi connectivity index (χ0) is 17.9. The summed E-state index contributed by atoms with van der Waals surface area (Å²) in [6.45, 7) is 8.17. The van der Waals surface area contributed by atoms with E-state index >= 15 is 0 Å². The Morgan fingerprint density at radius 3 is 2.42 bits per heavy atom. The Morgan fingerprint density at radius 2 is 1.88 bits per heavy atom. The van der Waals surface area contributed by atoms with Crippen LogP contribution >= 0.6 is 11.8 Å². The second-order valence-electron chi connectivity index (χ2n) is 6.57. The standard InChI is InChI=1S/C18H22N2O3S/c1-11-14(16(21)23-5)15(20-17(22)19-11)24-10-12-6-8-13(9-7-12)18(2,3)4/h6-9H,10H2,1-5H3,(H,19,20,22). The summed E-state index contributed by atoms with van der Waals surface area (Å²) in [4.78, 5) is 30.0. The van der Waals surface area contributed by atoms with Gasteiger partial charge in [0.05, 0.1) is 7.11 Å². The van der Waals surface area contributed by atoms with E-state index in [9.17, 15) is 9.59 Å². The quantitative estimate of drug-likeness (QED) is 0.521. The minimum atomic E-state index is -0.498. The van der Waals surface area contributed by atoms with Crippen LogP contribution in [0.4, 0.5) is 0 Å². The SMILES string of the molecule is COC(=O)c1c(SCc2ccc(C(C)(C)C)cc2)nc(=O)[nH]c1C. The third-order valence-corrected chi connectivity index (χ3v) is 4.72. The average molecular weight is 346 g/mol. The van der Waals surface area contributed by atoms with Crippen molar-refractivity contribution in [1.82, 2.24) is 9.97 Å². The smallest absolute Gasteiger partial charge is 0.346 e. The van der Waals surface area contributed by atoms with Crippen molar-refractivity contribution in [2.75, 3.05) is 7.11 Å². The number of hydrogen-bond donors (Lipinski definition) is 1. The van der Waals surface area contributed by atoms with Crippen LogP contribution in [0.2, 0.25) is 0 Å². The Labute approximate surface area is 145 Å². The topological polar surface area (TPSA) is 72.0 Å². The summed E-state index contributed by atoms with van der Waals surface area (Å²) in [7, 11) is 1.31. The van der Waals surface area contributed by atoms with Crippen LogP contribution < -0.4 is 5.69 Å². The van der Waals surface area contributed by atoms with Crippen LogP contribution in [0.3, 0.4) is 0 Å². The molecule has 0 atom stereocenters. The van der Waals surface area contributed by atoms with Crippen molar-refractivity contribution < 1.29 is 9.53 Å². The first kappa shape index (κ1) is 18.3. The number of aromatic amines is 1. The number of aryl methyl sites for hydroxylation is 1. The van der Waals surface area contributed by atoms with Gasteiger partial charge in [-0.1, -0.05) is 45.0 Å². The maximum Gasteiger partial charge on any atom is 0.346 e. The van der Waals surface area contributed by atoms with E-state index in [2.05, 4.69) is 55.0 Å². The molecule has 5 nitrogen and oxygen atoms in total. The van der Waals surface area contributed by atoms with E-state index in [1.165, 1.54) is 24.4 Å². The van der Waals surface area contributed by atoms with Gasteiger partial charge in [0.2, 0.25) is 0 Å². The van der Waals surface area contributed by atoms with Crippen molar-refractivity contribution >= 4 is 17.7 Å². The summed E-state index contributed by atoms with van der Waals surface area (Å²) in [5.41, 5.74) is 2.78. The van der Waals surface area contributed by atoms with E-state index in [0.29, 0.717) is 22.0 Å². The monoisotopic (exact) mass is 346 g/mol. The van der Waals surface area contributed by atoms with Crippen LogP contribution in [0.5, 0.6) is 0 Å². The average Bonchev–Trinajstić information content (AvgIpc) is 2.51. The predicted octanol–water partition coefficient (Wildman–Crippen LogP) is 3.45. The fourth-order valence-electron chi connectivity index (χ4n) is 2.26. The highest BCUT2D eigenvalue weighted by Gasteiger charge is 2.19. The second-order valence-corrected chi connectivity index (χ2v) is 7.54. The Balaban J connectivity index is 2.23. The molecule has 0 bridgehead atoms. The van der Waals surface area contributed by atoms with Crippen LogP contribution in [0.15, 0.2) is 34.1 Å². The van der Waals surface area contributed by atoms with E-state index in [4.69, 9.17) is 4.74 Å². The number of H-pyrrole nitrogens is 1. The van der Waals surface area contributed by atoms with E-state index in [1.54, 1.807) is 6.92 Å². The van der Waals surface area contributed by atoms with Crippen LogP contribution in [-0.4, -0.2) is 23.0 Å². The molecule has 1 heterocycles. The summed E-state index contributed by atoms with van der Waals surface area (Å²) < 4.78 is 4.79. The molecule has 128 valence electrons. The van der Waals surface area contributed by atoms with Crippen LogP contribution in [0.25, 0.3) is 0 Å². The molecule has 0 unspecified atom stereocenters. The molecule has 0 aliphatic rings. The lowest BCUT2D eigenvalue weighted by molar-refractivity contribution is 0.0594. The minimum Gasteiger partial charge on any atom is -0.465 e. The fourth-order valence-corrected chi connectivity index (χ4v) is 3.28. The molecular weight excluding hydrogens is 324 g/mol. The van der Waals surface area contributed by atoms with Crippen molar-refractivity contribution in [2.45, 2.75) is 43.9 Å². The lowest BCUT2D eigenvalue weighted by atomic mass is 9.87. The summed E-state index contributed by atoms with van der Waals surface area (Å²) in [6, 6.07) is 8.33. The van der Waals surface area contributed by atoms with Crippen molar-refractivity contribution in [3.63, 3.8) is 0 Å². The predicted molar refractivity (Wildman–Crippen MR) is 95.6 cm³/mol. The number of carbonyl (C=O) groups excluding carboxylic acids is 1. The van der Waals surface area contributed by atoms with E-state index in [1.807, 2.05) is 0 Å². The van der Waals surface area contributed by atoms with Gasteiger partial charge in [0.15, 0.2) is 0 Å². The molecule has 2 aromatic rings. The van der Waals surface area contributed by atoms with Crippen molar-refractivity contribution in [2.24, 2.45) is 0 Å². The van der Waals surface area contributed by atoms with Gasteiger partial charge in [-0.25, -0.2) is 9.59 Å². The summed E-state index contributed by atoms with van der Waals surface area (Å²) in [6.07, 6.45) is 0. The van der Waals surface area contributed by atoms with Crippen LogP contribution in [-0.2, 0) is 15.9 Å². The third kappa shape index (κ3) is 4.26. The lowest BCUT2D eigenvalue weighted by Gasteiger charge is -2.19. The number of nitrogens with zero attached hydrogens (tertiary/aromatic N) is 1. The number of esters is 1. The number of nitrogens with one attached hydrogen (secondary N) is 1. The molecule has 0 fully saturated rings. The maximum absolute atomic E-state index is 11.9. The molecule has 1 aromatic heterocycles. The molecule has 0 aliphatic carbocycles. The molecule has 0 amide bonds. The number of aromatic nitrogens is 2. The molecule has 24 heavy (non-hydrogen) atoms. The largest absolute Gasteiger partial charge is 0.465 e.